The Morgan fingerprint density at radius 3 is 2.72 bits per heavy atom. The summed E-state index contributed by atoms with van der Waals surface area (Å²) in [6.45, 7) is 4.06. The number of aliphatic hydroxyl groups excluding tert-OH is 1. The van der Waals surface area contributed by atoms with Gasteiger partial charge in [0, 0.05) is 6.42 Å². The standard InChI is InChI=1S/C12H20O6/c1-6-12(2,14)11(13)10-8(17-6)3-7-9(18-10)4-15-5-16-7/h6-11,13-14H,3-5H2,1-2H3/t6-,7-,8+,9+,10+,11+,12-/m0/s1. The molecule has 0 aromatic heterocycles. The highest BCUT2D eigenvalue weighted by Gasteiger charge is 2.55. The van der Waals surface area contributed by atoms with E-state index < -0.39 is 23.9 Å². The van der Waals surface area contributed by atoms with Gasteiger partial charge in [0.25, 0.3) is 0 Å². The first-order valence-corrected chi connectivity index (χ1v) is 6.41. The molecule has 6 heteroatoms. The second-order valence-electron chi connectivity index (χ2n) is 5.56. The Morgan fingerprint density at radius 1 is 1.17 bits per heavy atom. The molecular weight excluding hydrogens is 240 g/mol. The van der Waals surface area contributed by atoms with Gasteiger partial charge < -0.3 is 29.2 Å². The van der Waals surface area contributed by atoms with Crippen molar-refractivity contribution < 1.29 is 29.2 Å². The van der Waals surface area contributed by atoms with Gasteiger partial charge in [-0.2, -0.15) is 0 Å². The van der Waals surface area contributed by atoms with E-state index in [0.717, 1.165) is 0 Å². The minimum Gasteiger partial charge on any atom is -0.387 e. The molecule has 7 atom stereocenters. The minimum absolute atomic E-state index is 0.0533. The molecule has 0 amide bonds. The lowest BCUT2D eigenvalue weighted by molar-refractivity contribution is -0.330. The Morgan fingerprint density at radius 2 is 1.94 bits per heavy atom. The lowest BCUT2D eigenvalue weighted by Gasteiger charge is -2.52. The topological polar surface area (TPSA) is 77.4 Å². The number of aliphatic hydroxyl groups is 2. The van der Waals surface area contributed by atoms with Crippen molar-refractivity contribution in [2.75, 3.05) is 13.4 Å². The quantitative estimate of drug-likeness (QED) is 0.606. The van der Waals surface area contributed by atoms with Gasteiger partial charge >= 0.3 is 0 Å². The van der Waals surface area contributed by atoms with Crippen LogP contribution in [-0.4, -0.2) is 65.8 Å². The van der Waals surface area contributed by atoms with Gasteiger partial charge in [0.2, 0.25) is 0 Å². The molecule has 3 heterocycles. The average Bonchev–Trinajstić information content (AvgIpc) is 2.35. The molecule has 3 aliphatic rings. The summed E-state index contributed by atoms with van der Waals surface area (Å²) in [5, 5.41) is 20.5. The zero-order valence-electron chi connectivity index (χ0n) is 10.6. The molecule has 3 rings (SSSR count). The molecule has 104 valence electrons. The summed E-state index contributed by atoms with van der Waals surface area (Å²) >= 11 is 0. The van der Waals surface area contributed by atoms with E-state index in [1.54, 1.807) is 13.8 Å². The van der Waals surface area contributed by atoms with Crippen LogP contribution in [0.2, 0.25) is 0 Å². The molecule has 3 aliphatic heterocycles. The van der Waals surface area contributed by atoms with E-state index in [1.165, 1.54) is 0 Å². The van der Waals surface area contributed by atoms with E-state index in [-0.39, 0.29) is 25.1 Å². The summed E-state index contributed by atoms with van der Waals surface area (Å²) in [7, 11) is 0. The van der Waals surface area contributed by atoms with Crippen LogP contribution in [0, 0.1) is 0 Å². The second-order valence-corrected chi connectivity index (χ2v) is 5.56. The molecule has 0 aliphatic carbocycles. The van der Waals surface area contributed by atoms with Crippen LogP contribution in [0.3, 0.4) is 0 Å². The van der Waals surface area contributed by atoms with E-state index >= 15 is 0 Å². The summed E-state index contributed by atoms with van der Waals surface area (Å²) in [5.41, 5.74) is -1.30. The van der Waals surface area contributed by atoms with E-state index in [4.69, 9.17) is 18.9 Å². The Hall–Kier alpha value is -0.240. The van der Waals surface area contributed by atoms with Gasteiger partial charge in [-0.1, -0.05) is 0 Å². The average molecular weight is 260 g/mol. The molecule has 3 saturated heterocycles. The molecule has 0 saturated carbocycles. The summed E-state index contributed by atoms with van der Waals surface area (Å²) in [4.78, 5) is 0. The fourth-order valence-electron chi connectivity index (χ4n) is 2.90. The minimum atomic E-state index is -1.30. The highest BCUT2D eigenvalue weighted by Crippen LogP contribution is 2.38. The van der Waals surface area contributed by atoms with Gasteiger partial charge in [-0.3, -0.25) is 0 Å². The number of ether oxygens (including phenoxy) is 4. The van der Waals surface area contributed by atoms with Gasteiger partial charge in [-0.05, 0) is 13.8 Å². The van der Waals surface area contributed by atoms with Crippen molar-refractivity contribution in [1.82, 2.24) is 0 Å². The second kappa shape index (κ2) is 4.40. The van der Waals surface area contributed by atoms with E-state index in [9.17, 15) is 10.2 Å². The molecule has 3 fully saturated rings. The molecule has 0 bridgehead atoms. The summed E-state index contributed by atoms with van der Waals surface area (Å²) in [6, 6.07) is 0. The Labute approximate surface area is 106 Å². The third kappa shape index (κ3) is 1.88. The molecule has 18 heavy (non-hydrogen) atoms. The van der Waals surface area contributed by atoms with Crippen molar-refractivity contribution in [3.63, 3.8) is 0 Å². The van der Waals surface area contributed by atoms with Crippen LogP contribution in [0.1, 0.15) is 20.3 Å². The summed E-state index contributed by atoms with van der Waals surface area (Å²) < 4.78 is 22.3. The lowest BCUT2D eigenvalue weighted by atomic mass is 9.81. The van der Waals surface area contributed by atoms with Gasteiger partial charge in [-0.25, -0.2) is 0 Å². The highest BCUT2D eigenvalue weighted by molar-refractivity contribution is 5.03. The van der Waals surface area contributed by atoms with Gasteiger partial charge in [0.15, 0.2) is 0 Å². The van der Waals surface area contributed by atoms with E-state index in [1.807, 2.05) is 0 Å². The van der Waals surface area contributed by atoms with Crippen molar-refractivity contribution in [3.05, 3.63) is 0 Å². The molecule has 2 N–H and O–H groups in total. The predicted octanol–water partition coefficient (Wildman–Crippen LogP) is -0.584. The van der Waals surface area contributed by atoms with Crippen molar-refractivity contribution >= 4 is 0 Å². The van der Waals surface area contributed by atoms with E-state index in [2.05, 4.69) is 0 Å². The molecule has 0 radical (unpaired) electrons. The van der Waals surface area contributed by atoms with Crippen LogP contribution in [0.4, 0.5) is 0 Å². The molecule has 0 aromatic rings. The maximum atomic E-state index is 10.3. The highest BCUT2D eigenvalue weighted by atomic mass is 16.7. The van der Waals surface area contributed by atoms with Gasteiger partial charge in [0.05, 0.1) is 24.9 Å². The smallest absolute Gasteiger partial charge is 0.147 e. The lowest BCUT2D eigenvalue weighted by Crippen LogP contribution is -2.68. The van der Waals surface area contributed by atoms with Crippen LogP contribution in [0.5, 0.6) is 0 Å². The van der Waals surface area contributed by atoms with Crippen molar-refractivity contribution in [3.8, 4) is 0 Å². The van der Waals surface area contributed by atoms with Crippen molar-refractivity contribution in [2.24, 2.45) is 0 Å². The zero-order chi connectivity index (χ0) is 12.9. The first-order valence-electron chi connectivity index (χ1n) is 6.41. The van der Waals surface area contributed by atoms with Crippen molar-refractivity contribution in [2.45, 2.75) is 62.5 Å². The predicted molar refractivity (Wildman–Crippen MR) is 59.9 cm³/mol. The Balaban J connectivity index is 1.78. The summed E-state index contributed by atoms with van der Waals surface area (Å²) in [6.07, 6.45) is -1.75. The SMILES string of the molecule is C[C@@H]1O[C@@H]2C[C@@H]3OCOC[C@H]3O[C@H]2[C@@H](O)[C@@]1(C)O. The third-order valence-corrected chi connectivity index (χ3v) is 4.34. The largest absolute Gasteiger partial charge is 0.387 e. The van der Waals surface area contributed by atoms with Crippen molar-refractivity contribution in [1.29, 1.82) is 0 Å². The third-order valence-electron chi connectivity index (χ3n) is 4.34. The normalized spacial score (nSPS) is 56.7. The maximum absolute atomic E-state index is 10.3. The van der Waals surface area contributed by atoms with Crippen LogP contribution >= 0.6 is 0 Å². The van der Waals surface area contributed by atoms with E-state index in [0.29, 0.717) is 13.0 Å². The van der Waals surface area contributed by atoms with Crippen LogP contribution in [0.25, 0.3) is 0 Å². The summed E-state index contributed by atoms with van der Waals surface area (Å²) in [5.74, 6) is 0. The van der Waals surface area contributed by atoms with Crippen LogP contribution in [0.15, 0.2) is 0 Å². The van der Waals surface area contributed by atoms with Crippen LogP contribution < -0.4 is 0 Å². The first kappa shape index (κ1) is 12.8. The van der Waals surface area contributed by atoms with Gasteiger partial charge in [0.1, 0.15) is 30.7 Å². The Bertz CT molecular complexity index is 320. The van der Waals surface area contributed by atoms with Gasteiger partial charge in [-0.15, -0.1) is 0 Å². The number of hydrogen-bond acceptors (Lipinski definition) is 6. The Kier molecular flexibility index (Phi) is 3.12. The monoisotopic (exact) mass is 260 g/mol. The fraction of sp³-hybridized carbons (Fsp3) is 1.00. The number of hydrogen-bond donors (Lipinski definition) is 2. The van der Waals surface area contributed by atoms with Crippen LogP contribution in [-0.2, 0) is 18.9 Å². The molecular formula is C12H20O6. The fourth-order valence-corrected chi connectivity index (χ4v) is 2.90. The molecule has 6 nitrogen and oxygen atoms in total. The first-order chi connectivity index (χ1) is 8.50. The number of fused-ring (bicyclic) bond motifs is 2. The molecule has 0 spiro atoms. The molecule has 0 aromatic carbocycles. The molecule has 0 unspecified atom stereocenters. The number of rotatable bonds is 0. The zero-order valence-corrected chi connectivity index (χ0v) is 10.6. The maximum Gasteiger partial charge on any atom is 0.147 e.